The first-order chi connectivity index (χ1) is 19.0. The summed E-state index contributed by atoms with van der Waals surface area (Å²) in [6, 6.07) is 18.0. The number of hydrogen-bond donors (Lipinski definition) is 2. The van der Waals surface area contributed by atoms with Crippen molar-refractivity contribution in [2.45, 2.75) is 30.7 Å². The minimum atomic E-state index is -4.52. The van der Waals surface area contributed by atoms with Crippen LogP contribution in [-0.2, 0) is 35.8 Å². The summed E-state index contributed by atoms with van der Waals surface area (Å²) in [6.45, 7) is -0.112. The van der Waals surface area contributed by atoms with Crippen molar-refractivity contribution in [3.63, 3.8) is 0 Å². The number of alkyl halides is 3. The van der Waals surface area contributed by atoms with Crippen LogP contribution in [0.1, 0.15) is 22.3 Å². The molecule has 0 saturated heterocycles. The largest absolute Gasteiger partial charge is 0.416 e. The number of nitrogens with one attached hydrogen (secondary N) is 2. The lowest BCUT2D eigenvalue weighted by Crippen LogP contribution is -2.30. The molecule has 0 bridgehead atoms. The second-order valence-electron chi connectivity index (χ2n) is 8.78. The van der Waals surface area contributed by atoms with Crippen LogP contribution in [0.15, 0.2) is 102 Å². The summed E-state index contributed by atoms with van der Waals surface area (Å²) in [4.78, 5) is 16.0. The topological polar surface area (TPSA) is 91.4 Å². The van der Waals surface area contributed by atoms with E-state index in [1.54, 1.807) is 24.5 Å². The van der Waals surface area contributed by atoms with Gasteiger partial charge in [-0.05, 0) is 77.4 Å². The first-order valence-corrected chi connectivity index (χ1v) is 13.4. The van der Waals surface area contributed by atoms with Gasteiger partial charge in [0.2, 0.25) is 10.0 Å². The first-order valence-electron chi connectivity index (χ1n) is 12.0. The van der Waals surface area contributed by atoms with E-state index in [0.717, 1.165) is 22.0 Å². The van der Waals surface area contributed by atoms with E-state index in [4.69, 9.17) is 0 Å². The summed E-state index contributed by atoms with van der Waals surface area (Å²) in [5.41, 5.74) is 1.17. The van der Waals surface area contributed by atoms with Crippen LogP contribution >= 0.6 is 0 Å². The third-order valence-corrected chi connectivity index (χ3v) is 7.67. The number of hydrogen-bond acceptors (Lipinski definition) is 4. The molecule has 1 heterocycles. The maximum Gasteiger partial charge on any atom is 0.416 e. The Kier molecular flexibility index (Phi) is 8.80. The lowest BCUT2D eigenvalue weighted by atomic mass is 10.1. The van der Waals surface area contributed by atoms with Crippen LogP contribution in [0, 0.1) is 5.82 Å². The SMILES string of the molecule is O=C(NCc1ccncc1)Nc1ccc(S(=O)(=O)N(Cc2ccc(F)cc2)Cc2ccc(C(F)(F)F)cc2)cc1. The molecule has 12 heteroatoms. The lowest BCUT2D eigenvalue weighted by molar-refractivity contribution is -0.137. The van der Waals surface area contributed by atoms with Crippen LogP contribution in [0.25, 0.3) is 0 Å². The zero-order valence-electron chi connectivity index (χ0n) is 20.9. The van der Waals surface area contributed by atoms with E-state index in [0.29, 0.717) is 16.8 Å². The molecule has 0 fully saturated rings. The molecule has 0 aliphatic rings. The van der Waals surface area contributed by atoms with E-state index in [1.165, 1.54) is 60.7 Å². The maximum absolute atomic E-state index is 13.6. The monoisotopic (exact) mass is 572 g/mol. The highest BCUT2D eigenvalue weighted by Crippen LogP contribution is 2.30. The van der Waals surface area contributed by atoms with Crippen molar-refractivity contribution in [3.05, 3.63) is 125 Å². The summed E-state index contributed by atoms with van der Waals surface area (Å²) in [7, 11) is -4.15. The standard InChI is InChI=1S/C28H24F4N4O3S/c29-24-7-3-22(4-8-24)19-36(18-21-1-5-23(6-2-21)28(30,31)32)40(38,39)26-11-9-25(10-12-26)35-27(37)34-17-20-13-15-33-16-14-20/h1-16H,17-19H2,(H2,34,35,37). The second-order valence-corrected chi connectivity index (χ2v) is 10.7. The van der Waals surface area contributed by atoms with Crippen molar-refractivity contribution in [2.75, 3.05) is 5.32 Å². The van der Waals surface area contributed by atoms with Gasteiger partial charge in [0.15, 0.2) is 0 Å². The number of rotatable bonds is 9. The molecule has 2 N–H and O–H groups in total. The molecule has 0 aliphatic carbocycles. The first kappa shape index (κ1) is 28.7. The van der Waals surface area contributed by atoms with Crippen molar-refractivity contribution in [2.24, 2.45) is 0 Å². The average Bonchev–Trinajstić information content (AvgIpc) is 2.93. The Morgan fingerprint density at radius 3 is 1.88 bits per heavy atom. The smallest absolute Gasteiger partial charge is 0.334 e. The number of nitrogens with zero attached hydrogens (tertiary/aromatic N) is 2. The minimum Gasteiger partial charge on any atom is -0.334 e. The van der Waals surface area contributed by atoms with Gasteiger partial charge in [0.25, 0.3) is 0 Å². The zero-order chi connectivity index (χ0) is 28.8. The van der Waals surface area contributed by atoms with Gasteiger partial charge in [0.05, 0.1) is 10.5 Å². The van der Waals surface area contributed by atoms with Crippen LogP contribution in [-0.4, -0.2) is 23.7 Å². The number of benzene rings is 3. The molecule has 2 amide bonds. The number of pyridine rings is 1. The highest BCUT2D eigenvalue weighted by molar-refractivity contribution is 7.89. The molecule has 0 spiro atoms. The molecule has 7 nitrogen and oxygen atoms in total. The Morgan fingerprint density at radius 1 is 0.775 bits per heavy atom. The van der Waals surface area contributed by atoms with Gasteiger partial charge >= 0.3 is 12.2 Å². The third kappa shape index (κ3) is 7.64. The predicted octanol–water partition coefficient (Wildman–Crippen LogP) is 5.95. The molecule has 4 rings (SSSR count). The molecule has 208 valence electrons. The Hall–Kier alpha value is -4.29. The molecule has 0 unspecified atom stereocenters. The Bertz CT molecular complexity index is 1530. The molecule has 0 atom stereocenters. The van der Waals surface area contributed by atoms with E-state index in [9.17, 15) is 30.8 Å². The van der Waals surface area contributed by atoms with E-state index in [-0.39, 0.29) is 24.5 Å². The van der Waals surface area contributed by atoms with Crippen LogP contribution in [0.4, 0.5) is 28.0 Å². The van der Waals surface area contributed by atoms with Gasteiger partial charge in [-0.15, -0.1) is 0 Å². The summed E-state index contributed by atoms with van der Waals surface area (Å²) >= 11 is 0. The second kappa shape index (κ2) is 12.3. The number of halogens is 4. The van der Waals surface area contributed by atoms with E-state index in [1.807, 2.05) is 0 Å². The van der Waals surface area contributed by atoms with Crippen molar-refractivity contribution in [1.82, 2.24) is 14.6 Å². The number of carbonyl (C=O) groups is 1. The fourth-order valence-corrected chi connectivity index (χ4v) is 5.16. The number of urea groups is 1. The van der Waals surface area contributed by atoms with Crippen LogP contribution < -0.4 is 10.6 Å². The quantitative estimate of drug-likeness (QED) is 0.243. The summed E-state index contributed by atoms with van der Waals surface area (Å²) in [5.74, 6) is -0.492. The molecule has 0 saturated carbocycles. The fourth-order valence-electron chi connectivity index (χ4n) is 3.74. The molecule has 0 radical (unpaired) electrons. The van der Waals surface area contributed by atoms with Gasteiger partial charge < -0.3 is 10.6 Å². The molecule has 3 aromatic carbocycles. The van der Waals surface area contributed by atoms with Gasteiger partial charge in [-0.3, -0.25) is 4.98 Å². The molecular weight excluding hydrogens is 548 g/mol. The number of aromatic nitrogens is 1. The van der Waals surface area contributed by atoms with E-state index < -0.39 is 33.6 Å². The number of amides is 2. The van der Waals surface area contributed by atoms with Gasteiger partial charge in [0.1, 0.15) is 5.82 Å². The average molecular weight is 573 g/mol. The highest BCUT2D eigenvalue weighted by atomic mass is 32.2. The summed E-state index contributed by atoms with van der Waals surface area (Å²) in [6.07, 6.45) is -1.32. The van der Waals surface area contributed by atoms with Crippen molar-refractivity contribution in [1.29, 1.82) is 0 Å². The van der Waals surface area contributed by atoms with Gasteiger partial charge in [-0.25, -0.2) is 17.6 Å². The van der Waals surface area contributed by atoms with Gasteiger partial charge in [0, 0.05) is 37.7 Å². The summed E-state index contributed by atoms with van der Waals surface area (Å²) < 4.78 is 80.6. The minimum absolute atomic E-state index is 0.0933. The van der Waals surface area contributed by atoms with Gasteiger partial charge in [-0.2, -0.15) is 17.5 Å². The maximum atomic E-state index is 13.6. The highest BCUT2D eigenvalue weighted by Gasteiger charge is 2.30. The van der Waals surface area contributed by atoms with E-state index in [2.05, 4.69) is 15.6 Å². The normalized spacial score (nSPS) is 11.8. The Morgan fingerprint density at radius 2 is 1.32 bits per heavy atom. The Labute approximate surface area is 228 Å². The number of carbonyl (C=O) groups excluding carboxylic acids is 1. The number of anilines is 1. The van der Waals surface area contributed by atoms with E-state index >= 15 is 0 Å². The van der Waals surface area contributed by atoms with Crippen LogP contribution in [0.2, 0.25) is 0 Å². The van der Waals surface area contributed by atoms with Crippen LogP contribution in [0.5, 0.6) is 0 Å². The molecule has 40 heavy (non-hydrogen) atoms. The summed E-state index contributed by atoms with van der Waals surface area (Å²) in [5, 5.41) is 5.30. The molecular formula is C28H24F4N4O3S. The third-order valence-electron chi connectivity index (χ3n) is 5.86. The van der Waals surface area contributed by atoms with Crippen LogP contribution in [0.3, 0.4) is 0 Å². The fraction of sp³-hybridized carbons (Fsp3) is 0.143. The van der Waals surface area contributed by atoms with Crippen molar-refractivity contribution >= 4 is 21.7 Å². The van der Waals surface area contributed by atoms with Crippen molar-refractivity contribution < 1.29 is 30.8 Å². The molecule has 4 aromatic rings. The number of sulfonamides is 1. The molecule has 0 aliphatic heterocycles. The van der Waals surface area contributed by atoms with Crippen molar-refractivity contribution in [3.8, 4) is 0 Å². The zero-order valence-corrected chi connectivity index (χ0v) is 21.7. The van der Waals surface area contributed by atoms with Gasteiger partial charge in [-0.1, -0.05) is 24.3 Å². The molecule has 1 aromatic heterocycles. The lowest BCUT2D eigenvalue weighted by Gasteiger charge is -2.23. The Balaban J connectivity index is 1.51. The predicted molar refractivity (Wildman–Crippen MR) is 141 cm³/mol.